The van der Waals surface area contributed by atoms with Crippen LogP contribution >= 0.6 is 0 Å². The summed E-state index contributed by atoms with van der Waals surface area (Å²) in [5, 5.41) is 2.95. The van der Waals surface area contributed by atoms with Gasteiger partial charge in [0.05, 0.1) is 24.7 Å². The third-order valence-corrected chi connectivity index (χ3v) is 1.52. The Hall–Kier alpha value is -1.16. The molecule has 0 bridgehead atoms. The highest BCUT2D eigenvalue weighted by Crippen LogP contribution is 2.00. The molecule has 0 aromatic carbocycles. The van der Waals surface area contributed by atoms with E-state index in [2.05, 4.69) is 15.3 Å². The summed E-state index contributed by atoms with van der Waals surface area (Å²) in [5.74, 6) is 0.816. The van der Waals surface area contributed by atoms with Gasteiger partial charge in [-0.2, -0.15) is 0 Å². The van der Waals surface area contributed by atoms with E-state index < -0.39 is 0 Å². The fourth-order valence-corrected chi connectivity index (χ4v) is 0.806. The number of nitrogens with zero attached hydrogens (tertiary/aromatic N) is 2. The zero-order chi connectivity index (χ0) is 8.81. The van der Waals surface area contributed by atoms with Gasteiger partial charge in [-0.15, -0.1) is 0 Å². The van der Waals surface area contributed by atoms with Crippen LogP contribution in [0.2, 0.25) is 0 Å². The fraction of sp³-hybridized carbons (Fsp3) is 0.500. The lowest BCUT2D eigenvalue weighted by Gasteiger charge is -2.00. The lowest BCUT2D eigenvalue weighted by molar-refractivity contribution is 0.200. The quantitative estimate of drug-likeness (QED) is 0.717. The van der Waals surface area contributed by atoms with Gasteiger partial charge in [0, 0.05) is 20.6 Å². The molecule has 0 saturated carbocycles. The van der Waals surface area contributed by atoms with Gasteiger partial charge in [-0.25, -0.2) is 9.97 Å². The van der Waals surface area contributed by atoms with E-state index in [1.807, 2.05) is 7.05 Å². The number of ether oxygens (including phenoxy) is 1. The van der Waals surface area contributed by atoms with E-state index in [0.717, 1.165) is 17.9 Å². The van der Waals surface area contributed by atoms with E-state index in [-0.39, 0.29) is 0 Å². The summed E-state index contributed by atoms with van der Waals surface area (Å²) in [7, 11) is 3.51. The van der Waals surface area contributed by atoms with Gasteiger partial charge in [0.25, 0.3) is 0 Å². The van der Waals surface area contributed by atoms with Crippen molar-refractivity contribution in [1.82, 2.24) is 9.97 Å². The van der Waals surface area contributed by atoms with Crippen molar-refractivity contribution < 1.29 is 4.74 Å². The van der Waals surface area contributed by atoms with Crippen molar-refractivity contribution >= 4 is 5.69 Å². The number of hydrogen-bond acceptors (Lipinski definition) is 4. The van der Waals surface area contributed by atoms with Crippen LogP contribution in [0.3, 0.4) is 0 Å². The number of aromatic nitrogens is 2. The monoisotopic (exact) mass is 167 g/mol. The van der Waals surface area contributed by atoms with Crippen molar-refractivity contribution in [2.24, 2.45) is 0 Å². The number of hydrogen-bond donors (Lipinski definition) is 1. The molecule has 1 heterocycles. The highest BCUT2D eigenvalue weighted by Gasteiger charge is 1.95. The largest absolute Gasteiger partial charge is 0.386 e. The van der Waals surface area contributed by atoms with E-state index in [1.54, 1.807) is 19.5 Å². The lowest BCUT2D eigenvalue weighted by atomic mass is 10.4. The zero-order valence-electron chi connectivity index (χ0n) is 7.37. The third kappa shape index (κ3) is 2.47. The minimum atomic E-state index is 0.666. The van der Waals surface area contributed by atoms with Gasteiger partial charge >= 0.3 is 0 Å². The Labute approximate surface area is 72.0 Å². The normalized spacial score (nSPS) is 9.83. The molecule has 66 valence electrons. The number of nitrogens with one attached hydrogen (secondary N) is 1. The molecular formula is C8H13N3O. The van der Waals surface area contributed by atoms with Gasteiger partial charge in [0.1, 0.15) is 5.82 Å². The van der Waals surface area contributed by atoms with Crippen LogP contribution in [-0.4, -0.2) is 30.7 Å². The summed E-state index contributed by atoms with van der Waals surface area (Å²) in [6, 6.07) is 0. The van der Waals surface area contributed by atoms with Gasteiger partial charge in [-0.05, 0) is 0 Å². The van der Waals surface area contributed by atoms with Crippen molar-refractivity contribution in [1.29, 1.82) is 0 Å². The minimum absolute atomic E-state index is 0.666. The zero-order valence-corrected chi connectivity index (χ0v) is 7.37. The first-order valence-corrected chi connectivity index (χ1v) is 3.84. The second kappa shape index (κ2) is 4.66. The van der Waals surface area contributed by atoms with E-state index >= 15 is 0 Å². The Kier molecular flexibility index (Phi) is 3.47. The summed E-state index contributed by atoms with van der Waals surface area (Å²) in [6.07, 6.45) is 4.29. The summed E-state index contributed by atoms with van der Waals surface area (Å²) in [6.45, 7) is 0.666. The molecular weight excluding hydrogens is 154 g/mol. The first-order chi connectivity index (χ1) is 5.86. The van der Waals surface area contributed by atoms with Crippen LogP contribution in [0.1, 0.15) is 5.82 Å². The maximum atomic E-state index is 4.91. The van der Waals surface area contributed by atoms with Crippen LogP contribution in [0.15, 0.2) is 12.4 Å². The van der Waals surface area contributed by atoms with E-state index in [9.17, 15) is 0 Å². The highest BCUT2D eigenvalue weighted by atomic mass is 16.5. The molecule has 4 heteroatoms. The molecule has 0 spiro atoms. The van der Waals surface area contributed by atoms with E-state index in [0.29, 0.717) is 6.61 Å². The molecule has 0 aliphatic carbocycles. The molecule has 0 aliphatic heterocycles. The summed E-state index contributed by atoms with van der Waals surface area (Å²) in [4.78, 5) is 8.27. The van der Waals surface area contributed by atoms with Gasteiger partial charge in [0.15, 0.2) is 0 Å². The predicted molar refractivity (Wildman–Crippen MR) is 47.2 cm³/mol. The molecule has 0 amide bonds. The molecule has 1 N–H and O–H groups in total. The average molecular weight is 167 g/mol. The van der Waals surface area contributed by atoms with Crippen molar-refractivity contribution in [3.63, 3.8) is 0 Å². The molecule has 12 heavy (non-hydrogen) atoms. The van der Waals surface area contributed by atoms with Crippen LogP contribution in [-0.2, 0) is 11.2 Å². The number of anilines is 1. The van der Waals surface area contributed by atoms with Crippen molar-refractivity contribution in [2.45, 2.75) is 6.42 Å². The van der Waals surface area contributed by atoms with Gasteiger partial charge in [-0.1, -0.05) is 0 Å². The molecule has 0 radical (unpaired) electrons. The van der Waals surface area contributed by atoms with Crippen LogP contribution < -0.4 is 5.32 Å². The van der Waals surface area contributed by atoms with E-state index in [4.69, 9.17) is 4.74 Å². The van der Waals surface area contributed by atoms with Gasteiger partial charge in [-0.3, -0.25) is 0 Å². The standard InChI is InChI=1S/C8H13N3O/c1-9-7-5-10-8(11-6-7)3-4-12-2/h5-6,9H,3-4H2,1-2H3. The molecule has 1 aromatic rings. The van der Waals surface area contributed by atoms with E-state index in [1.165, 1.54) is 0 Å². The highest BCUT2D eigenvalue weighted by molar-refractivity contribution is 5.36. The number of methoxy groups -OCH3 is 1. The molecule has 0 atom stereocenters. The van der Waals surface area contributed by atoms with Gasteiger partial charge < -0.3 is 10.1 Å². The molecule has 4 nitrogen and oxygen atoms in total. The smallest absolute Gasteiger partial charge is 0.130 e. The summed E-state index contributed by atoms with van der Waals surface area (Å²) >= 11 is 0. The minimum Gasteiger partial charge on any atom is -0.386 e. The van der Waals surface area contributed by atoms with Crippen molar-refractivity contribution in [2.75, 3.05) is 26.1 Å². The maximum Gasteiger partial charge on any atom is 0.130 e. The number of rotatable bonds is 4. The van der Waals surface area contributed by atoms with Crippen LogP contribution in [0, 0.1) is 0 Å². The Morgan fingerprint density at radius 3 is 2.58 bits per heavy atom. The molecule has 1 rings (SSSR count). The van der Waals surface area contributed by atoms with Crippen LogP contribution in [0.5, 0.6) is 0 Å². The Balaban J connectivity index is 2.53. The lowest BCUT2D eigenvalue weighted by Crippen LogP contribution is -2.01. The molecule has 1 aromatic heterocycles. The van der Waals surface area contributed by atoms with Crippen molar-refractivity contribution in [3.05, 3.63) is 18.2 Å². The first kappa shape index (κ1) is 8.93. The summed E-state index contributed by atoms with van der Waals surface area (Å²) < 4.78 is 4.91. The Bertz CT molecular complexity index is 222. The fourth-order valence-electron chi connectivity index (χ4n) is 0.806. The summed E-state index contributed by atoms with van der Waals surface area (Å²) in [5.41, 5.74) is 0.927. The van der Waals surface area contributed by atoms with Gasteiger partial charge in [0.2, 0.25) is 0 Å². The average Bonchev–Trinajstić information content (AvgIpc) is 2.15. The third-order valence-electron chi connectivity index (χ3n) is 1.52. The van der Waals surface area contributed by atoms with Crippen molar-refractivity contribution in [3.8, 4) is 0 Å². The maximum absolute atomic E-state index is 4.91. The molecule has 0 saturated heterocycles. The second-order valence-electron chi connectivity index (χ2n) is 2.38. The van der Waals surface area contributed by atoms with Crippen LogP contribution in [0.4, 0.5) is 5.69 Å². The SMILES string of the molecule is CNc1cnc(CCOC)nc1. The second-order valence-corrected chi connectivity index (χ2v) is 2.38. The van der Waals surface area contributed by atoms with Crippen LogP contribution in [0.25, 0.3) is 0 Å². The Morgan fingerprint density at radius 1 is 1.42 bits per heavy atom. The Morgan fingerprint density at radius 2 is 2.08 bits per heavy atom. The molecule has 0 aliphatic rings. The molecule has 0 fully saturated rings. The molecule has 0 unspecified atom stereocenters. The topological polar surface area (TPSA) is 47.0 Å². The first-order valence-electron chi connectivity index (χ1n) is 3.84. The predicted octanol–water partition coefficient (Wildman–Crippen LogP) is 0.707.